The van der Waals surface area contributed by atoms with Gasteiger partial charge >= 0.3 is 0 Å². The predicted octanol–water partition coefficient (Wildman–Crippen LogP) is 4.87. The lowest BCUT2D eigenvalue weighted by atomic mass is 9.78. The second kappa shape index (κ2) is 7.10. The topological polar surface area (TPSA) is 62.2 Å². The minimum absolute atomic E-state index is 0.167. The minimum atomic E-state index is -0.271. The van der Waals surface area contributed by atoms with Crippen molar-refractivity contribution >= 4 is 5.91 Å². The summed E-state index contributed by atoms with van der Waals surface area (Å²) in [4.78, 5) is 17.2. The number of pyridine rings is 1. The van der Waals surface area contributed by atoms with Crippen molar-refractivity contribution in [3.8, 4) is 5.75 Å². The molecular formula is C22H30N2O2. The van der Waals surface area contributed by atoms with Crippen LogP contribution in [0.3, 0.4) is 0 Å². The number of phenolic OH excluding ortho intramolecular Hbond substituents is 1. The highest BCUT2D eigenvalue weighted by Gasteiger charge is 2.28. The molecule has 0 bridgehead atoms. The fraction of sp³-hybridized carbons (Fsp3) is 0.455. The van der Waals surface area contributed by atoms with Crippen LogP contribution in [0, 0.1) is 0 Å². The highest BCUT2D eigenvalue weighted by atomic mass is 16.3. The van der Waals surface area contributed by atoms with Crippen molar-refractivity contribution in [1.82, 2.24) is 10.3 Å². The molecule has 2 N–H and O–H groups in total. The van der Waals surface area contributed by atoms with Crippen molar-refractivity contribution in [2.45, 2.75) is 65.3 Å². The Balaban J connectivity index is 2.43. The van der Waals surface area contributed by atoms with Crippen LogP contribution in [0.5, 0.6) is 5.75 Å². The van der Waals surface area contributed by atoms with Gasteiger partial charge in [-0.2, -0.15) is 0 Å². The van der Waals surface area contributed by atoms with Crippen LogP contribution in [0.25, 0.3) is 0 Å². The van der Waals surface area contributed by atoms with Gasteiger partial charge in [0, 0.05) is 22.9 Å². The first-order valence-corrected chi connectivity index (χ1v) is 9.01. The van der Waals surface area contributed by atoms with Crippen LogP contribution in [-0.2, 0) is 10.8 Å². The van der Waals surface area contributed by atoms with E-state index in [0.29, 0.717) is 5.56 Å². The number of aromatic hydroxyl groups is 1. The van der Waals surface area contributed by atoms with E-state index in [9.17, 15) is 9.90 Å². The first kappa shape index (κ1) is 20.0. The summed E-state index contributed by atoms with van der Waals surface area (Å²) >= 11 is 0. The molecule has 2 aromatic rings. The first-order chi connectivity index (χ1) is 11.9. The Bertz CT molecular complexity index is 749. The Hall–Kier alpha value is -2.36. The molecule has 0 spiro atoms. The summed E-state index contributed by atoms with van der Waals surface area (Å²) in [6.07, 6.45) is 1.72. The lowest BCUT2D eigenvalue weighted by Gasteiger charge is -2.28. The standard InChI is InChI=1S/C22H30N2O2/c1-14(18-10-8-9-11-23-18)24-20(26)15-12-16(21(2,3)4)19(25)17(13-15)22(5,6)7/h8-14,25H,1-7H3,(H,24,26). The zero-order valence-electron chi connectivity index (χ0n) is 16.8. The number of nitrogens with zero attached hydrogens (tertiary/aromatic N) is 1. The summed E-state index contributed by atoms with van der Waals surface area (Å²) in [7, 11) is 0. The number of hydrogen-bond acceptors (Lipinski definition) is 3. The molecule has 0 aliphatic heterocycles. The molecule has 2 rings (SSSR count). The van der Waals surface area contributed by atoms with Crippen LogP contribution in [0.4, 0.5) is 0 Å². The van der Waals surface area contributed by atoms with E-state index in [2.05, 4.69) is 10.3 Å². The average molecular weight is 354 g/mol. The molecule has 1 unspecified atom stereocenters. The van der Waals surface area contributed by atoms with E-state index in [1.807, 2.05) is 66.7 Å². The van der Waals surface area contributed by atoms with Gasteiger partial charge in [-0.15, -0.1) is 0 Å². The van der Waals surface area contributed by atoms with Gasteiger partial charge in [-0.1, -0.05) is 47.6 Å². The Morgan fingerprint density at radius 2 is 1.58 bits per heavy atom. The maximum absolute atomic E-state index is 12.9. The van der Waals surface area contributed by atoms with E-state index in [1.165, 1.54) is 0 Å². The third-order valence-corrected chi connectivity index (χ3v) is 4.47. The van der Waals surface area contributed by atoms with Gasteiger partial charge in [-0.25, -0.2) is 0 Å². The summed E-state index contributed by atoms with van der Waals surface area (Å²) in [6.45, 7) is 14.1. The average Bonchev–Trinajstić information content (AvgIpc) is 2.53. The Labute approximate surface area is 156 Å². The lowest BCUT2D eigenvalue weighted by Crippen LogP contribution is -2.28. The molecule has 1 amide bonds. The maximum Gasteiger partial charge on any atom is 0.251 e. The van der Waals surface area contributed by atoms with E-state index >= 15 is 0 Å². The van der Waals surface area contributed by atoms with Crippen molar-refractivity contribution in [3.63, 3.8) is 0 Å². The van der Waals surface area contributed by atoms with Crippen molar-refractivity contribution in [3.05, 3.63) is 58.9 Å². The monoisotopic (exact) mass is 354 g/mol. The molecule has 0 fully saturated rings. The van der Waals surface area contributed by atoms with Gasteiger partial charge < -0.3 is 10.4 Å². The Morgan fingerprint density at radius 3 is 2.00 bits per heavy atom. The number of aromatic nitrogens is 1. The SMILES string of the molecule is CC(NC(=O)c1cc(C(C)(C)C)c(O)c(C(C)(C)C)c1)c1ccccn1. The Morgan fingerprint density at radius 1 is 1.04 bits per heavy atom. The number of phenols is 1. The molecule has 140 valence electrons. The normalized spacial score (nSPS) is 13.3. The number of hydrogen-bond donors (Lipinski definition) is 2. The van der Waals surface area contributed by atoms with Gasteiger partial charge in [0.2, 0.25) is 0 Å². The Kier molecular flexibility index (Phi) is 5.45. The summed E-state index contributed by atoms with van der Waals surface area (Å²) in [5.74, 6) is 0.110. The molecule has 4 nitrogen and oxygen atoms in total. The predicted molar refractivity (Wildman–Crippen MR) is 106 cm³/mol. The highest BCUT2D eigenvalue weighted by molar-refractivity contribution is 5.95. The molecule has 4 heteroatoms. The lowest BCUT2D eigenvalue weighted by molar-refractivity contribution is 0.0939. The highest BCUT2D eigenvalue weighted by Crippen LogP contribution is 2.39. The van der Waals surface area contributed by atoms with Gasteiger partial charge in [-0.3, -0.25) is 9.78 Å². The van der Waals surface area contributed by atoms with E-state index < -0.39 is 0 Å². The summed E-state index contributed by atoms with van der Waals surface area (Å²) in [6, 6.07) is 9.04. The largest absolute Gasteiger partial charge is 0.507 e. The molecule has 0 saturated carbocycles. The van der Waals surface area contributed by atoms with Crippen molar-refractivity contribution < 1.29 is 9.90 Å². The van der Waals surface area contributed by atoms with Gasteiger partial charge in [0.05, 0.1) is 11.7 Å². The zero-order chi connectivity index (χ0) is 19.7. The molecule has 0 aliphatic rings. The number of benzene rings is 1. The van der Waals surface area contributed by atoms with Crippen molar-refractivity contribution in [2.75, 3.05) is 0 Å². The summed E-state index contributed by atoms with van der Waals surface area (Å²) < 4.78 is 0. The van der Waals surface area contributed by atoms with Crippen LogP contribution >= 0.6 is 0 Å². The maximum atomic E-state index is 12.9. The molecule has 1 heterocycles. The molecule has 1 aromatic carbocycles. The van der Waals surface area contributed by atoms with E-state index in [-0.39, 0.29) is 28.5 Å². The van der Waals surface area contributed by atoms with Gasteiger partial charge in [0.25, 0.3) is 5.91 Å². The second-order valence-electron chi connectivity index (χ2n) is 8.87. The summed E-state index contributed by atoms with van der Waals surface area (Å²) in [5.41, 5.74) is 2.38. The number of carbonyl (C=O) groups excluding carboxylic acids is 1. The third kappa shape index (κ3) is 4.43. The number of carbonyl (C=O) groups is 1. The van der Waals surface area contributed by atoms with Crippen LogP contribution in [0.15, 0.2) is 36.5 Å². The molecule has 1 atom stereocenters. The second-order valence-corrected chi connectivity index (χ2v) is 8.87. The van der Waals surface area contributed by atoms with Crippen molar-refractivity contribution in [1.29, 1.82) is 0 Å². The molecule has 0 aliphatic carbocycles. The van der Waals surface area contributed by atoms with Crippen LogP contribution in [-0.4, -0.2) is 16.0 Å². The quantitative estimate of drug-likeness (QED) is 0.826. The molecule has 0 radical (unpaired) electrons. The van der Waals surface area contributed by atoms with Gasteiger partial charge in [0.15, 0.2) is 0 Å². The first-order valence-electron chi connectivity index (χ1n) is 9.01. The molecule has 26 heavy (non-hydrogen) atoms. The van der Waals surface area contributed by atoms with Crippen molar-refractivity contribution in [2.24, 2.45) is 0 Å². The minimum Gasteiger partial charge on any atom is -0.507 e. The van der Waals surface area contributed by atoms with Gasteiger partial charge in [-0.05, 0) is 42.0 Å². The zero-order valence-corrected chi connectivity index (χ0v) is 16.8. The van der Waals surface area contributed by atoms with Crippen LogP contribution in [0.1, 0.15) is 81.7 Å². The smallest absolute Gasteiger partial charge is 0.251 e. The van der Waals surface area contributed by atoms with Crippen LogP contribution < -0.4 is 5.32 Å². The number of rotatable bonds is 3. The van der Waals surface area contributed by atoms with E-state index in [4.69, 9.17) is 0 Å². The molecule has 1 aromatic heterocycles. The fourth-order valence-electron chi connectivity index (χ4n) is 2.90. The third-order valence-electron chi connectivity index (χ3n) is 4.47. The fourth-order valence-corrected chi connectivity index (χ4v) is 2.90. The number of amides is 1. The molecular weight excluding hydrogens is 324 g/mol. The molecule has 0 saturated heterocycles. The van der Waals surface area contributed by atoms with Crippen LogP contribution in [0.2, 0.25) is 0 Å². The van der Waals surface area contributed by atoms with E-state index in [0.717, 1.165) is 16.8 Å². The van der Waals surface area contributed by atoms with E-state index in [1.54, 1.807) is 18.3 Å². The van der Waals surface area contributed by atoms with Gasteiger partial charge in [0.1, 0.15) is 5.75 Å². The number of nitrogens with one attached hydrogen (secondary N) is 1. The summed E-state index contributed by atoms with van der Waals surface area (Å²) in [5, 5.41) is 13.8.